The zero-order valence-corrected chi connectivity index (χ0v) is 12.0. The van der Waals surface area contributed by atoms with E-state index in [4.69, 9.17) is 19.3 Å². The molecule has 23 heavy (non-hydrogen) atoms. The van der Waals surface area contributed by atoms with E-state index in [2.05, 4.69) is 0 Å². The van der Waals surface area contributed by atoms with Gasteiger partial charge in [0.2, 0.25) is 0 Å². The van der Waals surface area contributed by atoms with Crippen molar-refractivity contribution in [3.8, 4) is 0 Å². The Morgan fingerprint density at radius 3 is 1.83 bits per heavy atom. The quantitative estimate of drug-likeness (QED) is 0.243. The lowest BCUT2D eigenvalue weighted by Crippen LogP contribution is -2.64. The molecule has 0 saturated carbocycles. The van der Waals surface area contributed by atoms with Gasteiger partial charge in [-0.1, -0.05) is 0 Å². The van der Waals surface area contributed by atoms with Crippen LogP contribution in [0.5, 0.6) is 0 Å². The van der Waals surface area contributed by atoms with E-state index in [1.54, 1.807) is 0 Å². The predicted molar refractivity (Wildman–Crippen MR) is 68.6 cm³/mol. The van der Waals surface area contributed by atoms with Gasteiger partial charge in [0.15, 0.2) is 12.6 Å². The number of hydrogen-bond donors (Lipinski definition) is 8. The normalized spacial score (nSPS) is 51.7. The molecule has 0 radical (unpaired) electrons. The minimum atomic E-state index is -1.74. The van der Waals surface area contributed by atoms with Crippen LogP contribution in [-0.4, -0.2) is 115 Å². The standard InChI is InChI=1S/C12H22O11/c13-1-3-5(15)6(16)9(19)12(22-3)23-10-4(2-14)21-11(20)8(18)7(10)17/h3-20H,1-2H2/t3?,4?,5-,6-,7+,8?,9?,10+,11+,12+/m0/s1. The predicted octanol–water partition coefficient (Wildman–Crippen LogP) is -5.40. The van der Waals surface area contributed by atoms with Crippen molar-refractivity contribution in [1.82, 2.24) is 0 Å². The van der Waals surface area contributed by atoms with Gasteiger partial charge in [-0.05, 0) is 0 Å². The van der Waals surface area contributed by atoms with Crippen molar-refractivity contribution in [2.24, 2.45) is 0 Å². The smallest absolute Gasteiger partial charge is 0.187 e. The molecule has 4 unspecified atom stereocenters. The lowest BCUT2D eigenvalue weighted by Gasteiger charge is -2.45. The monoisotopic (exact) mass is 342 g/mol. The van der Waals surface area contributed by atoms with Crippen LogP contribution in [0.1, 0.15) is 0 Å². The lowest BCUT2D eigenvalue weighted by atomic mass is 9.97. The van der Waals surface area contributed by atoms with Crippen molar-refractivity contribution in [1.29, 1.82) is 0 Å². The Morgan fingerprint density at radius 2 is 1.26 bits per heavy atom. The minimum absolute atomic E-state index is 0.667. The third-order valence-electron chi connectivity index (χ3n) is 3.98. The molecule has 0 amide bonds. The van der Waals surface area contributed by atoms with Crippen molar-refractivity contribution in [3.63, 3.8) is 0 Å². The molecule has 0 aromatic heterocycles. The molecule has 0 bridgehead atoms. The molecule has 136 valence electrons. The van der Waals surface area contributed by atoms with Gasteiger partial charge in [-0.3, -0.25) is 0 Å². The summed E-state index contributed by atoms with van der Waals surface area (Å²) in [7, 11) is 0. The lowest BCUT2D eigenvalue weighted by molar-refractivity contribution is -0.355. The van der Waals surface area contributed by atoms with Crippen molar-refractivity contribution in [3.05, 3.63) is 0 Å². The Labute approximate surface area is 130 Å². The molecular weight excluding hydrogens is 320 g/mol. The molecule has 2 fully saturated rings. The average Bonchev–Trinajstić information content (AvgIpc) is 2.55. The largest absolute Gasteiger partial charge is 0.394 e. The molecular formula is C12H22O11. The SMILES string of the molecule is OCC1O[C@@H](O)C(O)[C@@H](O)[C@@H]1O[C@H]1OC(CO)[C@H](O)[C@H](O)C1O. The first-order valence-electron chi connectivity index (χ1n) is 7.08. The Balaban J connectivity index is 2.11. The van der Waals surface area contributed by atoms with Gasteiger partial charge < -0.3 is 55.1 Å². The van der Waals surface area contributed by atoms with Crippen molar-refractivity contribution < 1.29 is 55.1 Å². The first kappa shape index (κ1) is 18.9. The summed E-state index contributed by atoms with van der Waals surface area (Å²) in [5.74, 6) is 0. The van der Waals surface area contributed by atoms with E-state index in [1.165, 1.54) is 0 Å². The molecule has 11 heteroatoms. The second kappa shape index (κ2) is 7.63. The maximum atomic E-state index is 9.94. The van der Waals surface area contributed by atoms with Crippen LogP contribution in [0.4, 0.5) is 0 Å². The van der Waals surface area contributed by atoms with E-state index < -0.39 is 74.6 Å². The van der Waals surface area contributed by atoms with Crippen LogP contribution in [0.2, 0.25) is 0 Å². The molecule has 0 aliphatic carbocycles. The highest BCUT2D eigenvalue weighted by Crippen LogP contribution is 2.28. The summed E-state index contributed by atoms with van der Waals surface area (Å²) in [5.41, 5.74) is 0. The number of rotatable bonds is 4. The van der Waals surface area contributed by atoms with Crippen LogP contribution in [0.15, 0.2) is 0 Å². The summed E-state index contributed by atoms with van der Waals surface area (Å²) in [6.07, 6.45) is -15.6. The van der Waals surface area contributed by atoms with Gasteiger partial charge in [0.05, 0.1) is 13.2 Å². The van der Waals surface area contributed by atoms with E-state index in [0.717, 1.165) is 0 Å². The molecule has 2 saturated heterocycles. The van der Waals surface area contributed by atoms with Crippen molar-refractivity contribution in [2.75, 3.05) is 13.2 Å². The fourth-order valence-corrected chi connectivity index (χ4v) is 2.57. The van der Waals surface area contributed by atoms with Crippen LogP contribution in [0, 0.1) is 0 Å². The third kappa shape index (κ3) is 3.65. The van der Waals surface area contributed by atoms with Crippen LogP contribution in [-0.2, 0) is 14.2 Å². The summed E-state index contributed by atoms with van der Waals surface area (Å²) in [4.78, 5) is 0. The maximum absolute atomic E-state index is 9.94. The molecule has 2 aliphatic heterocycles. The Hall–Kier alpha value is -0.440. The molecule has 0 aromatic carbocycles. The number of hydrogen-bond acceptors (Lipinski definition) is 11. The fraction of sp³-hybridized carbons (Fsp3) is 1.00. The van der Waals surface area contributed by atoms with Gasteiger partial charge in [0.25, 0.3) is 0 Å². The third-order valence-corrected chi connectivity index (χ3v) is 3.98. The average molecular weight is 342 g/mol. The first-order valence-corrected chi connectivity index (χ1v) is 7.08. The van der Waals surface area contributed by atoms with Crippen LogP contribution in [0.25, 0.3) is 0 Å². The van der Waals surface area contributed by atoms with Crippen molar-refractivity contribution >= 4 is 0 Å². The van der Waals surface area contributed by atoms with Crippen LogP contribution in [0.3, 0.4) is 0 Å². The summed E-state index contributed by atoms with van der Waals surface area (Å²) < 4.78 is 15.3. The Kier molecular flexibility index (Phi) is 6.27. The molecule has 10 atom stereocenters. The van der Waals surface area contributed by atoms with E-state index in [-0.39, 0.29) is 0 Å². The van der Waals surface area contributed by atoms with E-state index in [0.29, 0.717) is 0 Å². The summed E-state index contributed by atoms with van der Waals surface area (Å²) >= 11 is 0. The molecule has 0 spiro atoms. The van der Waals surface area contributed by atoms with Gasteiger partial charge in [-0.15, -0.1) is 0 Å². The molecule has 0 aromatic rings. The van der Waals surface area contributed by atoms with E-state index in [1.807, 2.05) is 0 Å². The Morgan fingerprint density at radius 1 is 0.652 bits per heavy atom. The van der Waals surface area contributed by atoms with Crippen molar-refractivity contribution in [2.45, 2.75) is 61.4 Å². The second-order valence-corrected chi connectivity index (χ2v) is 5.53. The van der Waals surface area contributed by atoms with E-state index >= 15 is 0 Å². The van der Waals surface area contributed by atoms with Crippen LogP contribution >= 0.6 is 0 Å². The maximum Gasteiger partial charge on any atom is 0.187 e. The summed E-state index contributed by atoms with van der Waals surface area (Å²) in [6, 6.07) is 0. The molecule has 2 rings (SSSR count). The number of aliphatic hydroxyl groups excluding tert-OH is 8. The summed E-state index contributed by atoms with van der Waals surface area (Å²) in [6.45, 7) is -1.35. The topological polar surface area (TPSA) is 190 Å². The van der Waals surface area contributed by atoms with Gasteiger partial charge >= 0.3 is 0 Å². The highest BCUT2D eigenvalue weighted by molar-refractivity contribution is 4.93. The fourth-order valence-electron chi connectivity index (χ4n) is 2.57. The van der Waals surface area contributed by atoms with Gasteiger partial charge in [0, 0.05) is 0 Å². The van der Waals surface area contributed by atoms with E-state index in [9.17, 15) is 35.7 Å². The summed E-state index contributed by atoms with van der Waals surface area (Å²) in [5, 5.41) is 76.5. The molecule has 8 N–H and O–H groups in total. The molecule has 2 heterocycles. The number of ether oxygens (including phenoxy) is 3. The zero-order valence-electron chi connectivity index (χ0n) is 12.0. The highest BCUT2D eigenvalue weighted by Gasteiger charge is 2.50. The zero-order chi connectivity index (χ0) is 17.3. The Bertz CT molecular complexity index is 378. The van der Waals surface area contributed by atoms with Gasteiger partial charge in [-0.2, -0.15) is 0 Å². The second-order valence-electron chi connectivity index (χ2n) is 5.53. The molecule has 11 nitrogen and oxygen atoms in total. The first-order chi connectivity index (χ1) is 10.8. The molecule has 2 aliphatic rings. The highest BCUT2D eigenvalue weighted by atomic mass is 16.7. The van der Waals surface area contributed by atoms with Gasteiger partial charge in [0.1, 0.15) is 48.8 Å². The minimum Gasteiger partial charge on any atom is -0.394 e. The number of aliphatic hydroxyl groups is 8. The van der Waals surface area contributed by atoms with Gasteiger partial charge in [-0.25, -0.2) is 0 Å². The van der Waals surface area contributed by atoms with Crippen LogP contribution < -0.4 is 0 Å².